The van der Waals surface area contributed by atoms with Gasteiger partial charge in [0, 0.05) is 6.04 Å². The normalized spacial score (nSPS) is 22.5. The molecule has 1 saturated heterocycles. The van der Waals surface area contributed by atoms with E-state index in [9.17, 15) is 9.59 Å². The Morgan fingerprint density at radius 2 is 2.35 bits per heavy atom. The molecule has 1 fully saturated rings. The van der Waals surface area contributed by atoms with E-state index in [0.717, 1.165) is 6.42 Å². The lowest BCUT2D eigenvalue weighted by molar-refractivity contribution is -0.145. The van der Waals surface area contributed by atoms with Crippen LogP contribution in [0.2, 0.25) is 0 Å². The van der Waals surface area contributed by atoms with Crippen LogP contribution in [0.3, 0.4) is 0 Å². The van der Waals surface area contributed by atoms with Crippen LogP contribution in [-0.4, -0.2) is 35.3 Å². The number of hydrogen-bond donors (Lipinski definition) is 1. The molecule has 0 saturated carbocycles. The minimum Gasteiger partial charge on any atom is -0.343 e. The van der Waals surface area contributed by atoms with E-state index in [1.807, 2.05) is 12.3 Å². The molecule has 1 aromatic rings. The van der Waals surface area contributed by atoms with Gasteiger partial charge in [-0.3, -0.25) is 9.59 Å². The third kappa shape index (κ3) is 2.66. The minimum absolute atomic E-state index is 0.00679. The van der Waals surface area contributed by atoms with Crippen LogP contribution >= 0.6 is 11.3 Å². The number of piperazine rings is 1. The van der Waals surface area contributed by atoms with Gasteiger partial charge in [-0.25, -0.2) is 0 Å². The quantitative estimate of drug-likeness (QED) is 0.873. The molecule has 1 N–H and O–H groups in total. The third-order valence-electron chi connectivity index (χ3n) is 2.99. The van der Waals surface area contributed by atoms with Crippen molar-refractivity contribution in [3.8, 4) is 0 Å². The molecule has 1 aliphatic rings. The van der Waals surface area contributed by atoms with Crippen molar-refractivity contribution in [2.75, 3.05) is 6.54 Å². The lowest BCUT2D eigenvalue weighted by atomic mass is 10.1. The van der Waals surface area contributed by atoms with E-state index in [1.165, 1.54) is 5.56 Å². The molecule has 0 aromatic carbocycles. The molecule has 0 radical (unpaired) electrons. The van der Waals surface area contributed by atoms with Gasteiger partial charge in [-0.15, -0.1) is 0 Å². The summed E-state index contributed by atoms with van der Waals surface area (Å²) in [5.74, 6) is -0.0680. The second-order valence-electron chi connectivity index (χ2n) is 4.44. The number of carbonyl (C=O) groups is 2. The number of carbonyl (C=O) groups excluding carboxylic acids is 2. The highest BCUT2D eigenvalue weighted by Crippen LogP contribution is 2.14. The summed E-state index contributed by atoms with van der Waals surface area (Å²) < 4.78 is 0. The Morgan fingerprint density at radius 1 is 1.59 bits per heavy atom. The van der Waals surface area contributed by atoms with Crippen molar-refractivity contribution >= 4 is 23.2 Å². The Balaban J connectivity index is 2.04. The van der Waals surface area contributed by atoms with Crippen molar-refractivity contribution in [3.63, 3.8) is 0 Å². The van der Waals surface area contributed by atoms with Crippen molar-refractivity contribution in [1.29, 1.82) is 0 Å². The lowest BCUT2D eigenvalue weighted by Crippen LogP contribution is -2.59. The number of thiophene rings is 1. The predicted molar refractivity (Wildman–Crippen MR) is 66.8 cm³/mol. The molecule has 2 atom stereocenters. The highest BCUT2D eigenvalue weighted by molar-refractivity contribution is 7.07. The summed E-state index contributed by atoms with van der Waals surface area (Å²) in [5, 5.41) is 6.75. The van der Waals surface area contributed by atoms with Crippen LogP contribution in [0.5, 0.6) is 0 Å². The molecule has 2 rings (SSSR count). The topological polar surface area (TPSA) is 49.4 Å². The molecule has 92 valence electrons. The Bertz CT molecular complexity index is 416. The number of nitrogens with one attached hydrogen (secondary N) is 1. The van der Waals surface area contributed by atoms with Crippen molar-refractivity contribution < 1.29 is 9.59 Å². The van der Waals surface area contributed by atoms with Crippen LogP contribution in [0.25, 0.3) is 0 Å². The number of rotatable bonds is 3. The van der Waals surface area contributed by atoms with Gasteiger partial charge < -0.3 is 10.2 Å². The van der Waals surface area contributed by atoms with Gasteiger partial charge in [-0.2, -0.15) is 11.3 Å². The third-order valence-corrected chi connectivity index (χ3v) is 3.72. The molecule has 1 aromatic heterocycles. The van der Waals surface area contributed by atoms with Crippen LogP contribution < -0.4 is 5.32 Å². The Kier molecular flexibility index (Phi) is 3.47. The number of hydrogen-bond acceptors (Lipinski definition) is 3. The van der Waals surface area contributed by atoms with E-state index < -0.39 is 6.04 Å². The zero-order valence-corrected chi connectivity index (χ0v) is 10.8. The largest absolute Gasteiger partial charge is 0.343 e. The average molecular weight is 252 g/mol. The van der Waals surface area contributed by atoms with Gasteiger partial charge in [0.15, 0.2) is 0 Å². The van der Waals surface area contributed by atoms with E-state index in [0.29, 0.717) is 0 Å². The van der Waals surface area contributed by atoms with E-state index in [-0.39, 0.29) is 24.4 Å². The molecule has 2 heterocycles. The van der Waals surface area contributed by atoms with Crippen LogP contribution in [0.4, 0.5) is 0 Å². The molecule has 1 aliphatic heterocycles. The van der Waals surface area contributed by atoms with E-state index >= 15 is 0 Å². The predicted octanol–water partition coefficient (Wildman–Crippen LogP) is 1.03. The molecule has 17 heavy (non-hydrogen) atoms. The first-order valence-electron chi connectivity index (χ1n) is 5.69. The monoisotopic (exact) mass is 252 g/mol. The van der Waals surface area contributed by atoms with Gasteiger partial charge in [0.05, 0.1) is 6.54 Å². The summed E-state index contributed by atoms with van der Waals surface area (Å²) in [6, 6.07) is 1.71. The number of nitrogens with zero attached hydrogens (tertiary/aromatic N) is 1. The molecular weight excluding hydrogens is 236 g/mol. The summed E-state index contributed by atoms with van der Waals surface area (Å²) in [6.07, 6.45) is 0.801. The lowest BCUT2D eigenvalue weighted by Gasteiger charge is -2.35. The summed E-state index contributed by atoms with van der Waals surface area (Å²) in [4.78, 5) is 25.1. The molecule has 5 heteroatoms. The second-order valence-corrected chi connectivity index (χ2v) is 5.22. The van der Waals surface area contributed by atoms with Gasteiger partial charge >= 0.3 is 0 Å². The second kappa shape index (κ2) is 4.87. The SMILES string of the molecule is CC1NC(=O)CN(C(C)Cc2ccsc2)C1=O. The van der Waals surface area contributed by atoms with Crippen LogP contribution in [0.1, 0.15) is 19.4 Å². The first-order chi connectivity index (χ1) is 8.08. The highest BCUT2D eigenvalue weighted by Gasteiger charge is 2.32. The fraction of sp³-hybridized carbons (Fsp3) is 0.500. The molecule has 4 nitrogen and oxygen atoms in total. The molecule has 0 spiro atoms. The van der Waals surface area contributed by atoms with Gasteiger partial charge in [-0.1, -0.05) is 0 Å². The minimum atomic E-state index is -0.402. The molecular formula is C12H16N2O2S. The zero-order chi connectivity index (χ0) is 12.4. The molecule has 2 amide bonds. The van der Waals surface area contributed by atoms with Gasteiger partial charge in [0.25, 0.3) is 0 Å². The van der Waals surface area contributed by atoms with Crippen LogP contribution in [-0.2, 0) is 16.0 Å². The average Bonchev–Trinajstić information content (AvgIpc) is 2.76. The Hall–Kier alpha value is -1.36. The standard InChI is InChI=1S/C12H16N2O2S/c1-8(5-10-3-4-17-7-10)14-6-11(15)13-9(2)12(14)16/h3-4,7-9H,5-6H2,1-2H3,(H,13,15). The molecule has 0 bridgehead atoms. The van der Waals surface area contributed by atoms with Crippen molar-refractivity contribution in [3.05, 3.63) is 22.4 Å². The maximum atomic E-state index is 12.0. The Morgan fingerprint density at radius 3 is 3.00 bits per heavy atom. The van der Waals surface area contributed by atoms with Gasteiger partial charge in [-0.05, 0) is 42.7 Å². The van der Waals surface area contributed by atoms with E-state index in [4.69, 9.17) is 0 Å². The van der Waals surface area contributed by atoms with Crippen molar-refractivity contribution in [2.45, 2.75) is 32.4 Å². The summed E-state index contributed by atoms with van der Waals surface area (Å²) in [5.41, 5.74) is 1.22. The maximum absolute atomic E-state index is 12.0. The summed E-state index contributed by atoms with van der Waals surface area (Å²) >= 11 is 1.65. The van der Waals surface area contributed by atoms with Crippen LogP contribution in [0.15, 0.2) is 16.8 Å². The summed E-state index contributed by atoms with van der Waals surface area (Å²) in [7, 11) is 0. The first kappa shape index (κ1) is 12.1. The van der Waals surface area contributed by atoms with Crippen molar-refractivity contribution in [2.24, 2.45) is 0 Å². The first-order valence-corrected chi connectivity index (χ1v) is 6.63. The molecule has 0 aliphatic carbocycles. The van der Waals surface area contributed by atoms with Gasteiger partial charge in [0.2, 0.25) is 11.8 Å². The van der Waals surface area contributed by atoms with Crippen LogP contribution in [0, 0.1) is 0 Å². The van der Waals surface area contributed by atoms with E-state index in [2.05, 4.69) is 16.8 Å². The smallest absolute Gasteiger partial charge is 0.245 e. The molecule has 2 unspecified atom stereocenters. The number of amides is 2. The highest BCUT2D eigenvalue weighted by atomic mass is 32.1. The van der Waals surface area contributed by atoms with Gasteiger partial charge in [0.1, 0.15) is 6.04 Å². The Labute approximate surface area is 105 Å². The fourth-order valence-electron chi connectivity index (χ4n) is 2.06. The van der Waals surface area contributed by atoms with Crippen molar-refractivity contribution in [1.82, 2.24) is 10.2 Å². The zero-order valence-electron chi connectivity index (χ0n) is 9.97. The van der Waals surface area contributed by atoms with E-state index in [1.54, 1.807) is 23.2 Å². The fourth-order valence-corrected chi connectivity index (χ4v) is 2.74. The maximum Gasteiger partial charge on any atom is 0.245 e. The summed E-state index contributed by atoms with van der Waals surface area (Å²) in [6.45, 7) is 3.89.